The molecule has 4 nitrogen and oxygen atoms in total. The molecule has 5 heteroatoms. The topological polar surface area (TPSA) is 41.9 Å². The van der Waals surface area contributed by atoms with E-state index in [2.05, 4.69) is 40.4 Å². The van der Waals surface area contributed by atoms with E-state index in [0.29, 0.717) is 5.92 Å². The monoisotopic (exact) mass is 400 g/mol. The molecule has 114 valence electrons. The summed E-state index contributed by atoms with van der Waals surface area (Å²) in [6.07, 6.45) is 0.364. The summed E-state index contributed by atoms with van der Waals surface area (Å²) in [7, 11) is 3.35. The highest BCUT2D eigenvalue weighted by molar-refractivity contribution is 14.1. The van der Waals surface area contributed by atoms with E-state index in [4.69, 9.17) is 4.74 Å². The minimum atomic E-state index is -0.384. The van der Waals surface area contributed by atoms with E-state index in [0.717, 1.165) is 22.1 Å². The number of alkyl halides is 1. The van der Waals surface area contributed by atoms with Gasteiger partial charge in [0.15, 0.2) is 0 Å². The van der Waals surface area contributed by atoms with Crippen molar-refractivity contribution in [3.05, 3.63) is 41.6 Å². The van der Waals surface area contributed by atoms with E-state index in [1.165, 1.54) is 4.90 Å². The maximum atomic E-state index is 12.1. The van der Waals surface area contributed by atoms with Gasteiger partial charge in [0, 0.05) is 30.8 Å². The first kappa shape index (κ1) is 17.7. The van der Waals surface area contributed by atoms with E-state index >= 15 is 0 Å². The van der Waals surface area contributed by atoms with Crippen molar-refractivity contribution in [3.63, 3.8) is 0 Å². The van der Waals surface area contributed by atoms with Crippen LogP contribution in [-0.2, 0) is 11.3 Å². The zero-order valence-corrected chi connectivity index (χ0v) is 14.8. The number of ether oxygens (including phenoxy) is 1. The molecule has 0 aliphatic carbocycles. The second-order valence-corrected chi connectivity index (χ2v) is 5.73. The molecule has 0 radical (unpaired) electrons. The van der Waals surface area contributed by atoms with Crippen LogP contribution in [0, 0.1) is 5.92 Å². The van der Waals surface area contributed by atoms with Crippen LogP contribution in [-0.4, -0.2) is 35.4 Å². The van der Waals surface area contributed by atoms with Gasteiger partial charge in [0.2, 0.25) is 0 Å². The van der Waals surface area contributed by atoms with Crippen molar-refractivity contribution in [2.75, 3.05) is 18.5 Å². The quantitative estimate of drug-likeness (QED) is 0.413. The normalized spacial score (nSPS) is 11.2. The second-order valence-electron chi connectivity index (χ2n) is 4.84. The molecular weight excluding hydrogens is 379 g/mol. The number of carbonyl (C=O) groups excluding carboxylic acids is 1. The molecule has 0 N–H and O–H groups in total. The first-order chi connectivity index (χ1) is 10.1. The number of allylic oxidation sites excluding steroid dienone is 1. The predicted molar refractivity (Wildman–Crippen MR) is 93.9 cm³/mol. The molecule has 0 spiro atoms. The minimum Gasteiger partial charge on any atom is -0.444 e. The molecule has 0 saturated heterocycles. The molecule has 1 unspecified atom stereocenters. The highest BCUT2D eigenvalue weighted by atomic mass is 127. The molecule has 0 aliphatic rings. The smallest absolute Gasteiger partial charge is 0.414 e. The van der Waals surface area contributed by atoms with Gasteiger partial charge in [0.25, 0.3) is 0 Å². The van der Waals surface area contributed by atoms with E-state index in [1.54, 1.807) is 14.1 Å². The number of aliphatic imine (C=N–C) groups is 1. The van der Waals surface area contributed by atoms with Crippen LogP contribution in [0.3, 0.4) is 0 Å². The molecule has 0 aliphatic heterocycles. The van der Waals surface area contributed by atoms with Crippen molar-refractivity contribution in [3.8, 4) is 0 Å². The van der Waals surface area contributed by atoms with Crippen molar-refractivity contribution < 1.29 is 9.53 Å². The minimum absolute atomic E-state index is 0.266. The lowest BCUT2D eigenvalue weighted by Gasteiger charge is -2.20. The Balaban J connectivity index is 2.64. The van der Waals surface area contributed by atoms with Crippen LogP contribution < -0.4 is 0 Å². The Hall–Kier alpha value is -1.33. The third-order valence-electron chi connectivity index (χ3n) is 2.93. The van der Waals surface area contributed by atoms with Crippen LogP contribution in [0.2, 0.25) is 0 Å². The van der Waals surface area contributed by atoms with Gasteiger partial charge < -0.3 is 4.74 Å². The third-order valence-corrected chi connectivity index (χ3v) is 4.43. The number of benzene rings is 1. The molecule has 1 aromatic rings. The van der Waals surface area contributed by atoms with Crippen LogP contribution in [0.5, 0.6) is 0 Å². The lowest BCUT2D eigenvalue weighted by molar-refractivity contribution is 0.113. The van der Waals surface area contributed by atoms with Crippen LogP contribution in [0.1, 0.15) is 18.9 Å². The standard InChI is InChI=1S/C16H21IN2O2/c1-13(10-17)9-15(11-18-2)19(3)16(20)21-12-14-7-5-4-6-8-14/h4-8,13H,9-10,12H2,1-3H3. The van der Waals surface area contributed by atoms with Gasteiger partial charge in [0.1, 0.15) is 6.61 Å². The van der Waals surface area contributed by atoms with Crippen molar-refractivity contribution >= 4 is 34.6 Å². The van der Waals surface area contributed by atoms with Crippen molar-refractivity contribution in [1.29, 1.82) is 0 Å². The number of amides is 1. The Morgan fingerprint density at radius 1 is 1.43 bits per heavy atom. The lowest BCUT2D eigenvalue weighted by atomic mass is 10.1. The number of carbonyl (C=O) groups is 1. The number of nitrogens with zero attached hydrogens (tertiary/aromatic N) is 2. The second kappa shape index (κ2) is 9.58. The zero-order chi connectivity index (χ0) is 15.7. The maximum absolute atomic E-state index is 12.1. The van der Waals surface area contributed by atoms with Gasteiger partial charge in [-0.3, -0.25) is 4.90 Å². The summed E-state index contributed by atoms with van der Waals surface area (Å²) in [5, 5.41) is 0. The van der Waals surface area contributed by atoms with Crippen LogP contribution in [0.15, 0.2) is 41.0 Å². The average Bonchev–Trinajstić information content (AvgIpc) is 2.52. The first-order valence-electron chi connectivity index (χ1n) is 6.79. The predicted octanol–water partition coefficient (Wildman–Crippen LogP) is 3.90. The number of hydrogen-bond acceptors (Lipinski definition) is 3. The summed E-state index contributed by atoms with van der Waals surface area (Å²) < 4.78 is 6.33. The van der Waals surface area contributed by atoms with Crippen molar-refractivity contribution in [2.45, 2.75) is 20.0 Å². The molecule has 1 amide bonds. The Morgan fingerprint density at radius 3 is 2.67 bits per heavy atom. The van der Waals surface area contributed by atoms with Gasteiger partial charge in [-0.05, 0) is 11.5 Å². The van der Waals surface area contributed by atoms with Crippen LogP contribution in [0.4, 0.5) is 4.79 Å². The van der Waals surface area contributed by atoms with Gasteiger partial charge >= 0.3 is 6.09 Å². The summed E-state index contributed by atoms with van der Waals surface area (Å²) in [5.41, 5.74) is 1.72. The number of rotatable bonds is 6. The average molecular weight is 400 g/mol. The maximum Gasteiger partial charge on any atom is 0.414 e. The van der Waals surface area contributed by atoms with Crippen LogP contribution >= 0.6 is 22.6 Å². The van der Waals surface area contributed by atoms with Gasteiger partial charge in [-0.2, -0.15) is 0 Å². The summed E-state index contributed by atoms with van der Waals surface area (Å²) in [5.74, 6) is 3.35. The van der Waals surface area contributed by atoms with Crippen molar-refractivity contribution in [1.82, 2.24) is 4.90 Å². The molecular formula is C16H21IN2O2. The summed E-state index contributed by atoms with van der Waals surface area (Å²) in [6, 6.07) is 9.63. The Kier molecular flexibility index (Phi) is 8.08. The van der Waals surface area contributed by atoms with Gasteiger partial charge in [-0.15, -0.1) is 0 Å². The highest BCUT2D eigenvalue weighted by Gasteiger charge is 2.17. The SMILES string of the molecule is CN=C=C(CC(C)CI)N(C)C(=O)OCc1ccccc1. The largest absolute Gasteiger partial charge is 0.444 e. The fourth-order valence-electron chi connectivity index (χ4n) is 1.70. The fraction of sp³-hybridized carbons (Fsp3) is 0.438. The molecule has 0 aromatic heterocycles. The van der Waals surface area contributed by atoms with Crippen molar-refractivity contribution in [2.24, 2.45) is 10.9 Å². The summed E-state index contributed by atoms with van der Waals surface area (Å²) >= 11 is 2.33. The number of halogens is 1. The van der Waals surface area contributed by atoms with E-state index in [-0.39, 0.29) is 12.7 Å². The van der Waals surface area contributed by atoms with Gasteiger partial charge in [0.05, 0.1) is 5.70 Å². The van der Waals surface area contributed by atoms with E-state index in [1.807, 2.05) is 30.3 Å². The molecule has 0 saturated carbocycles. The molecule has 0 bridgehead atoms. The zero-order valence-electron chi connectivity index (χ0n) is 12.7. The highest BCUT2D eigenvalue weighted by Crippen LogP contribution is 2.15. The molecule has 0 fully saturated rings. The fourth-order valence-corrected chi connectivity index (χ4v) is 2.01. The molecule has 1 rings (SSSR count). The first-order valence-corrected chi connectivity index (χ1v) is 8.32. The Morgan fingerprint density at radius 2 is 2.10 bits per heavy atom. The van der Waals surface area contributed by atoms with Gasteiger partial charge in [-0.1, -0.05) is 59.8 Å². The Labute approximate surface area is 140 Å². The number of hydrogen-bond donors (Lipinski definition) is 0. The molecule has 1 aromatic carbocycles. The lowest BCUT2D eigenvalue weighted by Crippen LogP contribution is -2.28. The molecule has 21 heavy (non-hydrogen) atoms. The molecule has 1 atom stereocenters. The summed E-state index contributed by atoms with van der Waals surface area (Å²) in [4.78, 5) is 17.5. The van der Waals surface area contributed by atoms with Gasteiger partial charge in [-0.25, -0.2) is 9.79 Å². The Bertz CT molecular complexity index is 510. The van der Waals surface area contributed by atoms with E-state index in [9.17, 15) is 4.79 Å². The molecule has 0 heterocycles. The third kappa shape index (κ3) is 6.31. The van der Waals surface area contributed by atoms with Crippen LogP contribution in [0.25, 0.3) is 0 Å². The summed E-state index contributed by atoms with van der Waals surface area (Å²) in [6.45, 7) is 2.40. The van der Waals surface area contributed by atoms with E-state index < -0.39 is 0 Å².